The van der Waals surface area contributed by atoms with Crippen molar-refractivity contribution in [3.63, 3.8) is 0 Å². The van der Waals surface area contributed by atoms with E-state index in [-0.39, 0.29) is 17.2 Å². The van der Waals surface area contributed by atoms with Crippen molar-refractivity contribution < 1.29 is 14.5 Å². The summed E-state index contributed by atoms with van der Waals surface area (Å²) >= 11 is 0. The highest BCUT2D eigenvalue weighted by Gasteiger charge is 2.25. The van der Waals surface area contributed by atoms with Gasteiger partial charge in [0.05, 0.1) is 0 Å². The molecule has 0 aliphatic rings. The molecule has 3 rings (SSSR count). The van der Waals surface area contributed by atoms with Crippen LogP contribution in [0, 0.1) is 0 Å². The number of aromatic nitrogens is 2. The fourth-order valence-electron chi connectivity index (χ4n) is 2.61. The van der Waals surface area contributed by atoms with E-state index in [1.54, 1.807) is 48.4 Å². The molecule has 0 unspecified atom stereocenters. The van der Waals surface area contributed by atoms with Crippen LogP contribution in [0.4, 0.5) is 0 Å². The van der Waals surface area contributed by atoms with Gasteiger partial charge in [-0.3, -0.25) is 9.78 Å². The van der Waals surface area contributed by atoms with E-state index in [0.29, 0.717) is 12.0 Å². The SMILES string of the molecule is CCC(=O)/C(=C(\O)c1ccccc1)[n+]1ccc(-c2ccncc2)cc1. The lowest BCUT2D eigenvalue weighted by Gasteiger charge is -2.06. The predicted octanol–water partition coefficient (Wildman–Crippen LogP) is 3.90. The van der Waals surface area contributed by atoms with Crippen molar-refractivity contribution in [2.24, 2.45) is 0 Å². The van der Waals surface area contributed by atoms with Gasteiger partial charge in [0.25, 0.3) is 5.70 Å². The van der Waals surface area contributed by atoms with Crippen LogP contribution in [0.15, 0.2) is 79.4 Å². The first-order chi connectivity index (χ1) is 12.2. The Hall–Kier alpha value is -3.27. The van der Waals surface area contributed by atoms with Crippen LogP contribution in [0.5, 0.6) is 0 Å². The van der Waals surface area contributed by atoms with Crippen LogP contribution in [-0.2, 0) is 4.79 Å². The number of carbonyl (C=O) groups excluding carboxylic acids is 1. The van der Waals surface area contributed by atoms with Gasteiger partial charge in [-0.25, -0.2) is 0 Å². The summed E-state index contributed by atoms with van der Waals surface area (Å²) in [7, 11) is 0. The Morgan fingerprint density at radius 1 is 0.960 bits per heavy atom. The third-order valence-electron chi connectivity index (χ3n) is 3.96. The minimum absolute atomic E-state index is 0.0193. The first kappa shape index (κ1) is 16.6. The summed E-state index contributed by atoms with van der Waals surface area (Å²) in [6.45, 7) is 1.78. The number of hydrogen-bond acceptors (Lipinski definition) is 3. The fraction of sp³-hybridized carbons (Fsp3) is 0.0952. The molecule has 1 N–H and O–H groups in total. The minimum Gasteiger partial charge on any atom is -0.502 e. The summed E-state index contributed by atoms with van der Waals surface area (Å²) in [5.74, 6) is -0.142. The summed E-state index contributed by atoms with van der Waals surface area (Å²) in [5, 5.41) is 10.7. The third kappa shape index (κ3) is 3.63. The Labute approximate surface area is 146 Å². The zero-order chi connectivity index (χ0) is 17.6. The molecule has 2 aromatic heterocycles. The maximum Gasteiger partial charge on any atom is 0.296 e. The number of aliphatic hydroxyl groups is 1. The molecule has 25 heavy (non-hydrogen) atoms. The van der Waals surface area contributed by atoms with E-state index in [1.807, 2.05) is 42.5 Å². The number of allylic oxidation sites excluding steroid dienone is 1. The molecule has 0 bridgehead atoms. The lowest BCUT2D eigenvalue weighted by molar-refractivity contribution is -0.577. The van der Waals surface area contributed by atoms with Crippen molar-refractivity contribution >= 4 is 17.2 Å². The molecule has 1 aromatic carbocycles. The van der Waals surface area contributed by atoms with Crippen LogP contribution in [-0.4, -0.2) is 15.9 Å². The molecule has 124 valence electrons. The van der Waals surface area contributed by atoms with Gasteiger partial charge < -0.3 is 5.11 Å². The van der Waals surface area contributed by atoms with E-state index in [4.69, 9.17) is 0 Å². The standard InChI is InChI=1S/C21H18N2O2/c1-2-19(24)20(21(25)18-6-4-3-5-7-18)23-14-10-17(11-15-23)16-8-12-22-13-9-16/h3-15H,2H2,1H3/p+1. The second kappa shape index (κ2) is 7.53. The van der Waals surface area contributed by atoms with Crippen LogP contribution in [0.25, 0.3) is 22.6 Å². The van der Waals surface area contributed by atoms with Gasteiger partial charge in [-0.2, -0.15) is 4.57 Å². The van der Waals surface area contributed by atoms with E-state index in [1.165, 1.54) is 0 Å². The Bertz CT molecular complexity index is 886. The quantitative estimate of drug-likeness (QED) is 0.438. The largest absolute Gasteiger partial charge is 0.502 e. The Kier molecular flexibility index (Phi) is 5.00. The van der Waals surface area contributed by atoms with Crippen LogP contribution >= 0.6 is 0 Å². The van der Waals surface area contributed by atoms with Gasteiger partial charge in [0.15, 0.2) is 18.2 Å². The van der Waals surface area contributed by atoms with Crippen molar-refractivity contribution in [3.8, 4) is 11.1 Å². The highest BCUT2D eigenvalue weighted by molar-refractivity contribution is 6.17. The van der Waals surface area contributed by atoms with Gasteiger partial charge in [-0.15, -0.1) is 0 Å². The lowest BCUT2D eigenvalue weighted by Crippen LogP contribution is -2.36. The molecule has 0 aliphatic heterocycles. The number of hydrogen-bond donors (Lipinski definition) is 1. The van der Waals surface area contributed by atoms with E-state index in [9.17, 15) is 9.90 Å². The fourth-order valence-corrected chi connectivity index (χ4v) is 2.61. The van der Waals surface area contributed by atoms with E-state index < -0.39 is 0 Å². The summed E-state index contributed by atoms with van der Waals surface area (Å²) in [5.41, 5.74) is 2.95. The number of aliphatic hydroxyl groups excluding tert-OH is 1. The topological polar surface area (TPSA) is 54.1 Å². The van der Waals surface area contributed by atoms with Crippen molar-refractivity contribution in [1.82, 2.24) is 4.98 Å². The summed E-state index contributed by atoms with van der Waals surface area (Å²) in [6, 6.07) is 16.8. The number of rotatable bonds is 5. The van der Waals surface area contributed by atoms with Crippen molar-refractivity contribution in [2.75, 3.05) is 0 Å². The summed E-state index contributed by atoms with van der Waals surface area (Å²) in [6.07, 6.45) is 7.37. The molecule has 4 heteroatoms. The number of Topliss-reactive ketones (excluding diaryl/α,β-unsaturated/α-hetero) is 1. The molecule has 0 aliphatic carbocycles. The number of nitrogens with zero attached hydrogens (tertiary/aromatic N) is 2. The van der Waals surface area contributed by atoms with E-state index in [0.717, 1.165) is 11.1 Å². The van der Waals surface area contributed by atoms with Crippen molar-refractivity contribution in [3.05, 3.63) is 84.9 Å². The number of pyridine rings is 2. The van der Waals surface area contributed by atoms with E-state index in [2.05, 4.69) is 4.98 Å². The maximum atomic E-state index is 12.4. The van der Waals surface area contributed by atoms with Gasteiger partial charge in [-0.1, -0.05) is 37.3 Å². The highest BCUT2D eigenvalue weighted by atomic mass is 16.3. The van der Waals surface area contributed by atoms with Crippen LogP contribution in [0.2, 0.25) is 0 Å². The smallest absolute Gasteiger partial charge is 0.296 e. The number of carbonyl (C=O) groups is 1. The summed E-state index contributed by atoms with van der Waals surface area (Å²) in [4.78, 5) is 16.5. The van der Waals surface area contributed by atoms with Crippen LogP contribution in [0.3, 0.4) is 0 Å². The van der Waals surface area contributed by atoms with Crippen LogP contribution < -0.4 is 4.57 Å². The average Bonchev–Trinajstić information content (AvgIpc) is 2.70. The van der Waals surface area contributed by atoms with Crippen molar-refractivity contribution in [1.29, 1.82) is 0 Å². The Balaban J connectivity index is 2.05. The maximum absolute atomic E-state index is 12.4. The normalized spacial score (nSPS) is 11.7. The third-order valence-corrected chi connectivity index (χ3v) is 3.96. The van der Waals surface area contributed by atoms with Gasteiger partial charge in [-0.05, 0) is 23.3 Å². The molecule has 0 amide bonds. The van der Waals surface area contributed by atoms with Crippen LogP contribution in [0.1, 0.15) is 18.9 Å². The minimum atomic E-state index is -0.122. The molecular formula is C21H19N2O2+. The summed E-state index contributed by atoms with van der Waals surface area (Å²) < 4.78 is 1.67. The second-order valence-electron chi connectivity index (χ2n) is 5.57. The van der Waals surface area contributed by atoms with Gasteiger partial charge in [0.1, 0.15) is 0 Å². The molecule has 0 saturated heterocycles. The van der Waals surface area contributed by atoms with Gasteiger partial charge in [0.2, 0.25) is 5.78 Å². The molecule has 4 nitrogen and oxygen atoms in total. The van der Waals surface area contributed by atoms with Gasteiger partial charge >= 0.3 is 0 Å². The first-order valence-electron chi connectivity index (χ1n) is 8.14. The molecule has 2 heterocycles. The second-order valence-corrected chi connectivity index (χ2v) is 5.57. The molecule has 3 aromatic rings. The van der Waals surface area contributed by atoms with Crippen molar-refractivity contribution in [2.45, 2.75) is 13.3 Å². The predicted molar refractivity (Wildman–Crippen MR) is 97.3 cm³/mol. The molecule has 0 fully saturated rings. The average molecular weight is 331 g/mol. The van der Waals surface area contributed by atoms with Gasteiger partial charge in [0, 0.05) is 36.5 Å². The first-order valence-corrected chi connectivity index (χ1v) is 8.14. The zero-order valence-electron chi connectivity index (χ0n) is 14.0. The zero-order valence-corrected chi connectivity index (χ0v) is 14.0. The highest BCUT2D eigenvalue weighted by Crippen LogP contribution is 2.19. The molecular weight excluding hydrogens is 312 g/mol. The number of benzene rings is 1. The Morgan fingerprint density at radius 3 is 2.16 bits per heavy atom. The lowest BCUT2D eigenvalue weighted by atomic mass is 10.1. The molecule has 0 spiro atoms. The molecule has 0 radical (unpaired) electrons. The monoisotopic (exact) mass is 331 g/mol. The number of ketones is 1. The van der Waals surface area contributed by atoms with E-state index >= 15 is 0 Å². The molecule has 0 saturated carbocycles. The molecule has 0 atom stereocenters. The Morgan fingerprint density at radius 2 is 1.56 bits per heavy atom.